The highest BCUT2D eigenvalue weighted by Gasteiger charge is 2.09. The molecule has 0 spiro atoms. The van der Waals surface area contributed by atoms with Gasteiger partial charge < -0.3 is 16.2 Å². The van der Waals surface area contributed by atoms with Gasteiger partial charge in [-0.1, -0.05) is 0 Å². The van der Waals surface area contributed by atoms with Crippen molar-refractivity contribution in [3.05, 3.63) is 23.8 Å². The van der Waals surface area contributed by atoms with Gasteiger partial charge in [0.1, 0.15) is 5.75 Å². The molecule has 1 aromatic carbocycles. The van der Waals surface area contributed by atoms with E-state index in [1.807, 2.05) is 0 Å². The van der Waals surface area contributed by atoms with E-state index in [1.54, 1.807) is 12.1 Å². The number of anilines is 1. The minimum atomic E-state index is -0.565. The van der Waals surface area contributed by atoms with Crippen molar-refractivity contribution in [3.63, 3.8) is 0 Å². The number of carbonyl (C=O) groups is 1. The number of carbonyl (C=O) groups excluding carboxylic acids is 1. The molecule has 0 saturated heterocycles. The van der Waals surface area contributed by atoms with E-state index in [2.05, 4.69) is 6.07 Å². The van der Waals surface area contributed by atoms with Crippen LogP contribution in [0.3, 0.4) is 0 Å². The third-order valence-corrected chi connectivity index (χ3v) is 2.21. The smallest absolute Gasteiger partial charge is 0.252 e. The average Bonchev–Trinajstić information content (AvgIpc) is 2.30. The number of benzene rings is 1. The molecule has 0 fully saturated rings. The predicted octanol–water partition coefficient (Wildman–Crippen LogP) is 1.44. The molecule has 1 aromatic rings. The summed E-state index contributed by atoms with van der Waals surface area (Å²) in [4.78, 5) is 11.2. The third kappa shape index (κ3) is 4.03. The van der Waals surface area contributed by atoms with Crippen molar-refractivity contribution < 1.29 is 9.53 Å². The molecule has 0 unspecified atom stereocenters. The molecule has 0 aliphatic heterocycles. The first-order valence-electron chi connectivity index (χ1n) is 5.34. The Morgan fingerprint density at radius 2 is 2.18 bits per heavy atom. The molecule has 5 heteroatoms. The lowest BCUT2D eigenvalue weighted by atomic mass is 10.1. The maximum atomic E-state index is 11.2. The monoisotopic (exact) mass is 233 g/mol. The lowest BCUT2D eigenvalue weighted by Crippen LogP contribution is -2.13. The maximum Gasteiger partial charge on any atom is 0.252 e. The molecule has 0 atom stereocenters. The zero-order chi connectivity index (χ0) is 12.7. The van der Waals surface area contributed by atoms with Crippen LogP contribution < -0.4 is 16.2 Å². The van der Waals surface area contributed by atoms with Gasteiger partial charge in [0, 0.05) is 12.1 Å². The van der Waals surface area contributed by atoms with Crippen molar-refractivity contribution in [1.29, 1.82) is 5.26 Å². The van der Waals surface area contributed by atoms with Gasteiger partial charge in [0.25, 0.3) is 5.91 Å². The number of nitrogens with zero attached hydrogens (tertiary/aromatic N) is 1. The van der Waals surface area contributed by atoms with Crippen LogP contribution in [0, 0.1) is 11.3 Å². The molecule has 0 bridgehead atoms. The van der Waals surface area contributed by atoms with Gasteiger partial charge in [-0.25, -0.2) is 0 Å². The summed E-state index contributed by atoms with van der Waals surface area (Å²) in [6.45, 7) is 0.450. The van der Waals surface area contributed by atoms with Crippen molar-refractivity contribution in [1.82, 2.24) is 0 Å². The second-order valence-electron chi connectivity index (χ2n) is 3.58. The number of nitriles is 1. The summed E-state index contributed by atoms with van der Waals surface area (Å²) in [6.07, 6.45) is 2.04. The Kier molecular flexibility index (Phi) is 4.82. The van der Waals surface area contributed by atoms with E-state index in [-0.39, 0.29) is 5.56 Å². The number of unbranched alkanes of at least 4 members (excludes halogenated alkanes) is 2. The highest BCUT2D eigenvalue weighted by Crippen LogP contribution is 2.21. The van der Waals surface area contributed by atoms with Crippen LogP contribution in [0.4, 0.5) is 5.69 Å². The van der Waals surface area contributed by atoms with Crippen molar-refractivity contribution in [2.75, 3.05) is 12.3 Å². The predicted molar refractivity (Wildman–Crippen MR) is 64.3 cm³/mol. The average molecular weight is 233 g/mol. The van der Waals surface area contributed by atoms with Crippen LogP contribution in [0.15, 0.2) is 18.2 Å². The third-order valence-electron chi connectivity index (χ3n) is 2.21. The number of rotatable bonds is 6. The molecule has 0 aliphatic rings. The van der Waals surface area contributed by atoms with E-state index in [1.165, 1.54) is 6.07 Å². The summed E-state index contributed by atoms with van der Waals surface area (Å²) in [6, 6.07) is 6.82. The number of hydrogen-bond acceptors (Lipinski definition) is 4. The van der Waals surface area contributed by atoms with Crippen LogP contribution in [0.2, 0.25) is 0 Å². The van der Waals surface area contributed by atoms with E-state index >= 15 is 0 Å². The first-order chi connectivity index (χ1) is 8.15. The minimum absolute atomic E-state index is 0.283. The SMILES string of the molecule is N#CCCCCOc1ccc(N)cc1C(N)=O. The van der Waals surface area contributed by atoms with Gasteiger partial charge >= 0.3 is 0 Å². The molecular formula is C12H15N3O2. The van der Waals surface area contributed by atoms with E-state index in [4.69, 9.17) is 21.5 Å². The maximum absolute atomic E-state index is 11.2. The molecule has 0 aromatic heterocycles. The van der Waals surface area contributed by atoms with Gasteiger partial charge in [-0.3, -0.25) is 4.79 Å². The number of nitrogen functional groups attached to an aromatic ring is 1. The summed E-state index contributed by atoms with van der Waals surface area (Å²) in [5.74, 6) is -0.131. The summed E-state index contributed by atoms with van der Waals surface area (Å²) in [5.41, 5.74) is 11.5. The Hall–Kier alpha value is -2.22. The largest absolute Gasteiger partial charge is 0.493 e. The summed E-state index contributed by atoms with van der Waals surface area (Å²) in [7, 11) is 0. The number of primary amides is 1. The van der Waals surface area contributed by atoms with Crippen LogP contribution in [0.1, 0.15) is 29.6 Å². The van der Waals surface area contributed by atoms with E-state index in [0.29, 0.717) is 24.5 Å². The summed E-state index contributed by atoms with van der Waals surface area (Å²) in [5, 5.41) is 8.36. The highest BCUT2D eigenvalue weighted by molar-refractivity contribution is 5.96. The van der Waals surface area contributed by atoms with Gasteiger partial charge in [0.05, 0.1) is 18.2 Å². The molecule has 0 saturated carbocycles. The van der Waals surface area contributed by atoms with Crippen molar-refractivity contribution in [3.8, 4) is 11.8 Å². The molecule has 4 N–H and O–H groups in total. The van der Waals surface area contributed by atoms with Crippen LogP contribution in [-0.2, 0) is 0 Å². The van der Waals surface area contributed by atoms with Gasteiger partial charge in [-0.2, -0.15) is 5.26 Å². The summed E-state index contributed by atoms with van der Waals surface area (Å²) >= 11 is 0. The normalized spacial score (nSPS) is 9.59. The molecule has 0 heterocycles. The molecule has 1 amide bonds. The zero-order valence-corrected chi connectivity index (χ0v) is 9.48. The second-order valence-corrected chi connectivity index (χ2v) is 3.58. The molecule has 1 rings (SSSR count). The number of amides is 1. The Morgan fingerprint density at radius 1 is 1.41 bits per heavy atom. The fraction of sp³-hybridized carbons (Fsp3) is 0.333. The van der Waals surface area contributed by atoms with Crippen molar-refractivity contribution in [2.24, 2.45) is 5.73 Å². The quantitative estimate of drug-likeness (QED) is 0.573. The topological polar surface area (TPSA) is 102 Å². The van der Waals surface area contributed by atoms with Crippen molar-refractivity contribution >= 4 is 11.6 Å². The molecule has 0 aliphatic carbocycles. The minimum Gasteiger partial charge on any atom is -0.493 e. The highest BCUT2D eigenvalue weighted by atomic mass is 16.5. The molecule has 5 nitrogen and oxygen atoms in total. The van der Waals surface area contributed by atoms with Crippen LogP contribution in [0.25, 0.3) is 0 Å². The molecular weight excluding hydrogens is 218 g/mol. The fourth-order valence-corrected chi connectivity index (χ4v) is 1.35. The van der Waals surface area contributed by atoms with Gasteiger partial charge in [0.2, 0.25) is 0 Å². The zero-order valence-electron chi connectivity index (χ0n) is 9.48. The van der Waals surface area contributed by atoms with Crippen molar-refractivity contribution in [2.45, 2.75) is 19.3 Å². The standard InChI is InChI=1S/C12H15N3O2/c13-6-2-1-3-7-17-11-5-4-9(14)8-10(11)12(15)16/h4-5,8H,1-3,7,14H2,(H2,15,16). The first-order valence-corrected chi connectivity index (χ1v) is 5.34. The molecule has 17 heavy (non-hydrogen) atoms. The second kappa shape index (κ2) is 6.38. The van der Waals surface area contributed by atoms with E-state index in [0.717, 1.165) is 12.8 Å². The first kappa shape index (κ1) is 12.8. The molecule has 0 radical (unpaired) electrons. The number of hydrogen-bond donors (Lipinski definition) is 2. The lowest BCUT2D eigenvalue weighted by Gasteiger charge is -2.09. The van der Waals surface area contributed by atoms with Crippen LogP contribution in [0.5, 0.6) is 5.75 Å². The van der Waals surface area contributed by atoms with Gasteiger partial charge in [-0.15, -0.1) is 0 Å². The van der Waals surface area contributed by atoms with Gasteiger partial charge in [0.15, 0.2) is 0 Å². The molecule has 90 valence electrons. The number of nitrogens with two attached hydrogens (primary N) is 2. The van der Waals surface area contributed by atoms with Gasteiger partial charge in [-0.05, 0) is 31.0 Å². The van der Waals surface area contributed by atoms with E-state index in [9.17, 15) is 4.79 Å². The van der Waals surface area contributed by atoms with Crippen LogP contribution in [-0.4, -0.2) is 12.5 Å². The van der Waals surface area contributed by atoms with E-state index < -0.39 is 5.91 Å². The Balaban J connectivity index is 2.59. The Labute approximate surface area is 100.0 Å². The number of ether oxygens (including phenoxy) is 1. The Morgan fingerprint density at radius 3 is 2.82 bits per heavy atom. The lowest BCUT2D eigenvalue weighted by molar-refractivity contribution is 0.0996. The Bertz CT molecular complexity index is 438. The summed E-state index contributed by atoms with van der Waals surface area (Å²) < 4.78 is 5.43. The van der Waals surface area contributed by atoms with Crippen LogP contribution >= 0.6 is 0 Å². The fourth-order valence-electron chi connectivity index (χ4n) is 1.35.